The lowest BCUT2D eigenvalue weighted by molar-refractivity contribution is 1.69. The van der Waals surface area contributed by atoms with Crippen LogP contribution in [0.2, 0.25) is 26.2 Å². The molecule has 0 heterocycles. The largest absolute Gasteiger partial charge is 0.103 e. The quantitative estimate of drug-likeness (QED) is 0.752. The minimum atomic E-state index is -1.47. The van der Waals surface area contributed by atoms with Crippen LogP contribution in [0.3, 0.4) is 0 Å². The second-order valence-electron chi connectivity index (χ2n) is 6.51. The summed E-state index contributed by atoms with van der Waals surface area (Å²) in [5.41, 5.74) is 5.06. The van der Waals surface area contributed by atoms with Gasteiger partial charge in [-0.1, -0.05) is 109 Å². The van der Waals surface area contributed by atoms with Gasteiger partial charge in [0.25, 0.3) is 0 Å². The summed E-state index contributed by atoms with van der Waals surface area (Å²) in [5, 5.41) is 3.02. The highest BCUT2D eigenvalue weighted by molar-refractivity contribution is 6.98. The van der Waals surface area contributed by atoms with Gasteiger partial charge >= 0.3 is 0 Å². The normalized spacial score (nSPS) is 12.8. The Balaban J connectivity index is 2.24. The molecule has 2 heteroatoms. The van der Waals surface area contributed by atoms with Crippen LogP contribution in [0.1, 0.15) is 0 Å². The second kappa shape index (κ2) is 5.94. The molecule has 0 nitrogen and oxygen atoms in total. The van der Waals surface area contributed by atoms with Crippen molar-refractivity contribution in [2.75, 3.05) is 0 Å². The van der Waals surface area contributed by atoms with E-state index in [4.69, 9.17) is 0 Å². The lowest BCUT2D eigenvalue weighted by atomic mass is 10.4. The molecule has 0 aliphatic heterocycles. The molecular weight excluding hydrogens is 272 g/mol. The molecule has 0 fully saturated rings. The predicted octanol–water partition coefficient (Wildman–Crippen LogP) is 3.85. The van der Waals surface area contributed by atoms with Gasteiger partial charge in [-0.15, -0.1) is 0 Å². The van der Waals surface area contributed by atoms with Gasteiger partial charge in [0.2, 0.25) is 0 Å². The van der Waals surface area contributed by atoms with Crippen LogP contribution in [-0.2, 0) is 0 Å². The molecule has 2 rings (SSSR count). The van der Waals surface area contributed by atoms with E-state index in [0.717, 1.165) is 0 Å². The molecule has 0 radical (unpaired) electrons. The first-order valence-electron chi connectivity index (χ1n) is 7.23. The Hall–Kier alpha value is -1.39. The summed E-state index contributed by atoms with van der Waals surface area (Å²) in [4.78, 5) is 0. The van der Waals surface area contributed by atoms with Crippen molar-refractivity contribution >= 4 is 26.5 Å². The molecule has 104 valence electrons. The van der Waals surface area contributed by atoms with Gasteiger partial charge in [-0.3, -0.25) is 0 Å². The SMILES string of the molecule is C[Si](C)(/C=C/[Si](C)(C)c1ccccc1)c1ccccc1. The van der Waals surface area contributed by atoms with Gasteiger partial charge in [0.15, 0.2) is 0 Å². The highest BCUT2D eigenvalue weighted by Gasteiger charge is 2.24. The number of benzene rings is 2. The first-order valence-corrected chi connectivity index (χ1v) is 13.4. The fourth-order valence-electron chi connectivity index (χ4n) is 2.34. The minimum absolute atomic E-state index is 1.47. The van der Waals surface area contributed by atoms with Crippen LogP contribution in [0.25, 0.3) is 0 Å². The average Bonchev–Trinajstić information content (AvgIpc) is 2.47. The monoisotopic (exact) mass is 296 g/mol. The first kappa shape index (κ1) is 15.0. The standard InChI is InChI=1S/C18H24Si2/c1-19(2,17-11-7-5-8-12-17)15-16-20(3,4)18-13-9-6-10-14-18/h5-16H,1-4H3/b16-15+. The Bertz CT molecular complexity index is 515. The molecule has 0 saturated carbocycles. The third-order valence-corrected chi connectivity index (χ3v) is 9.93. The van der Waals surface area contributed by atoms with Crippen molar-refractivity contribution in [2.45, 2.75) is 26.2 Å². The number of hydrogen-bond donors (Lipinski definition) is 0. The van der Waals surface area contributed by atoms with Crippen LogP contribution in [0.4, 0.5) is 0 Å². The van der Waals surface area contributed by atoms with Gasteiger partial charge in [-0.05, 0) is 0 Å². The van der Waals surface area contributed by atoms with Crippen LogP contribution < -0.4 is 10.4 Å². The third kappa shape index (κ3) is 3.58. The zero-order chi connectivity index (χ0) is 14.6. The summed E-state index contributed by atoms with van der Waals surface area (Å²) in [6.45, 7) is 9.70. The molecule has 0 spiro atoms. The molecule has 0 saturated heterocycles. The van der Waals surface area contributed by atoms with E-state index in [1.807, 2.05) is 0 Å². The first-order chi connectivity index (χ1) is 9.42. The molecule has 20 heavy (non-hydrogen) atoms. The van der Waals surface area contributed by atoms with Crippen molar-refractivity contribution in [1.82, 2.24) is 0 Å². The number of rotatable bonds is 4. The van der Waals surface area contributed by atoms with Crippen LogP contribution in [0, 0.1) is 0 Å². The minimum Gasteiger partial charge on any atom is -0.0978 e. The zero-order valence-corrected chi connectivity index (χ0v) is 14.9. The Morgan fingerprint density at radius 3 is 1.15 bits per heavy atom. The van der Waals surface area contributed by atoms with Crippen molar-refractivity contribution in [1.29, 1.82) is 0 Å². The van der Waals surface area contributed by atoms with E-state index >= 15 is 0 Å². The molecular formula is C18H24Si2. The lowest BCUT2D eigenvalue weighted by Crippen LogP contribution is -2.43. The van der Waals surface area contributed by atoms with Crippen LogP contribution in [0.5, 0.6) is 0 Å². The van der Waals surface area contributed by atoms with E-state index in [1.54, 1.807) is 0 Å². The summed E-state index contributed by atoms with van der Waals surface area (Å²) in [6, 6.07) is 21.9. The Morgan fingerprint density at radius 1 is 0.550 bits per heavy atom. The van der Waals surface area contributed by atoms with E-state index in [0.29, 0.717) is 0 Å². The van der Waals surface area contributed by atoms with Crippen LogP contribution in [0.15, 0.2) is 72.1 Å². The van der Waals surface area contributed by atoms with Crippen LogP contribution >= 0.6 is 0 Å². The second-order valence-corrected chi connectivity index (χ2v) is 15.2. The highest BCUT2D eigenvalue weighted by Crippen LogP contribution is 2.10. The lowest BCUT2D eigenvalue weighted by Gasteiger charge is -2.23. The van der Waals surface area contributed by atoms with E-state index in [9.17, 15) is 0 Å². The molecule has 0 aliphatic rings. The summed E-state index contributed by atoms with van der Waals surface area (Å²) in [7, 11) is -2.94. The van der Waals surface area contributed by atoms with E-state index in [2.05, 4.69) is 98.3 Å². The topological polar surface area (TPSA) is 0 Å². The molecule has 0 unspecified atom stereocenters. The molecule has 0 N–H and O–H groups in total. The fraction of sp³-hybridized carbons (Fsp3) is 0.222. The predicted molar refractivity (Wildman–Crippen MR) is 96.3 cm³/mol. The summed E-state index contributed by atoms with van der Waals surface area (Å²) in [6.07, 6.45) is 0. The van der Waals surface area contributed by atoms with Gasteiger partial charge < -0.3 is 0 Å². The molecule has 0 bridgehead atoms. The van der Waals surface area contributed by atoms with Gasteiger partial charge in [0, 0.05) is 0 Å². The molecule has 0 aromatic heterocycles. The summed E-state index contributed by atoms with van der Waals surface area (Å²) >= 11 is 0. The Morgan fingerprint density at radius 2 is 0.850 bits per heavy atom. The molecule has 2 aromatic rings. The molecule has 0 aliphatic carbocycles. The maximum atomic E-state index is 2.53. The fourth-order valence-corrected chi connectivity index (χ4v) is 8.17. The van der Waals surface area contributed by atoms with Crippen LogP contribution in [-0.4, -0.2) is 16.1 Å². The van der Waals surface area contributed by atoms with E-state index in [1.165, 1.54) is 10.4 Å². The summed E-state index contributed by atoms with van der Waals surface area (Å²) in [5.74, 6) is 0. The maximum Gasteiger partial charge on any atom is 0.103 e. The smallest absolute Gasteiger partial charge is 0.0978 e. The van der Waals surface area contributed by atoms with Crippen molar-refractivity contribution in [3.05, 3.63) is 72.1 Å². The van der Waals surface area contributed by atoms with Crippen molar-refractivity contribution in [2.24, 2.45) is 0 Å². The zero-order valence-electron chi connectivity index (χ0n) is 12.9. The third-order valence-electron chi connectivity index (χ3n) is 3.95. The van der Waals surface area contributed by atoms with E-state index < -0.39 is 16.1 Å². The van der Waals surface area contributed by atoms with Gasteiger partial charge in [0.1, 0.15) is 16.1 Å². The molecule has 0 atom stereocenters. The maximum absolute atomic E-state index is 2.53. The Labute approximate surface area is 125 Å². The Kier molecular flexibility index (Phi) is 4.46. The van der Waals surface area contributed by atoms with E-state index in [-0.39, 0.29) is 0 Å². The van der Waals surface area contributed by atoms with Crippen molar-refractivity contribution in [3.8, 4) is 0 Å². The van der Waals surface area contributed by atoms with Gasteiger partial charge in [-0.2, -0.15) is 0 Å². The van der Waals surface area contributed by atoms with Gasteiger partial charge in [0.05, 0.1) is 0 Å². The highest BCUT2D eigenvalue weighted by atomic mass is 28.3. The summed E-state index contributed by atoms with van der Waals surface area (Å²) < 4.78 is 0. The van der Waals surface area contributed by atoms with Crippen molar-refractivity contribution in [3.63, 3.8) is 0 Å². The van der Waals surface area contributed by atoms with Gasteiger partial charge in [-0.25, -0.2) is 0 Å². The average molecular weight is 297 g/mol. The number of hydrogen-bond acceptors (Lipinski definition) is 0. The molecule has 0 amide bonds. The van der Waals surface area contributed by atoms with Crippen molar-refractivity contribution < 1.29 is 0 Å². The molecule has 2 aromatic carbocycles.